The zero-order valence-corrected chi connectivity index (χ0v) is 11.8. The molecule has 3 rings (SSSR count). The number of nitrogens with one attached hydrogen (secondary N) is 1. The molecule has 1 N–H and O–H groups in total. The first-order chi connectivity index (χ1) is 9.24. The summed E-state index contributed by atoms with van der Waals surface area (Å²) in [7, 11) is 0. The van der Waals surface area contributed by atoms with E-state index in [-0.39, 0.29) is 12.0 Å². The maximum absolute atomic E-state index is 12.0. The molecule has 1 saturated heterocycles. The third-order valence-electron chi connectivity index (χ3n) is 3.19. The maximum atomic E-state index is 12.0. The summed E-state index contributed by atoms with van der Waals surface area (Å²) in [6, 6.07) is 7.80. The molecule has 0 spiro atoms. The van der Waals surface area contributed by atoms with Gasteiger partial charge in [0.15, 0.2) is 0 Å². The van der Waals surface area contributed by atoms with Gasteiger partial charge in [0.25, 0.3) is 5.91 Å². The van der Waals surface area contributed by atoms with Gasteiger partial charge >= 0.3 is 0 Å². The van der Waals surface area contributed by atoms with Gasteiger partial charge in [0.1, 0.15) is 11.9 Å². The second-order valence-corrected chi connectivity index (χ2v) is 5.43. The zero-order valence-electron chi connectivity index (χ0n) is 10.2. The predicted octanol–water partition coefficient (Wildman–Crippen LogP) is 3.11. The largest absolute Gasteiger partial charge is 0.368 e. The molecule has 1 atom stereocenters. The van der Waals surface area contributed by atoms with Gasteiger partial charge < -0.3 is 10.1 Å². The molecular weight excluding hydrogens is 308 g/mol. The molecule has 0 saturated carbocycles. The van der Waals surface area contributed by atoms with Crippen molar-refractivity contribution in [2.75, 3.05) is 11.9 Å². The summed E-state index contributed by atoms with van der Waals surface area (Å²) >= 11 is 3.43. The molecule has 0 bridgehead atoms. The molecule has 1 aromatic carbocycles. The number of rotatable bonds is 2. The minimum Gasteiger partial charge on any atom is -0.368 e. The molecule has 19 heavy (non-hydrogen) atoms. The van der Waals surface area contributed by atoms with E-state index >= 15 is 0 Å². The quantitative estimate of drug-likeness (QED) is 0.925. The van der Waals surface area contributed by atoms with Gasteiger partial charge in [0, 0.05) is 22.7 Å². The number of carbonyl (C=O) groups excluding carboxylic acids is 1. The summed E-state index contributed by atoms with van der Waals surface area (Å²) < 4.78 is 6.37. The molecule has 4 nitrogen and oxygen atoms in total. The van der Waals surface area contributed by atoms with E-state index in [2.05, 4.69) is 26.2 Å². The molecule has 1 aromatic heterocycles. The molecule has 2 heterocycles. The van der Waals surface area contributed by atoms with Crippen LogP contribution < -0.4 is 5.32 Å². The average molecular weight is 321 g/mol. The average Bonchev–Trinajstić information content (AvgIpc) is 2.92. The predicted molar refractivity (Wildman–Crippen MR) is 77.0 cm³/mol. The van der Waals surface area contributed by atoms with Crippen LogP contribution in [0.15, 0.2) is 34.9 Å². The monoisotopic (exact) mass is 320 g/mol. The van der Waals surface area contributed by atoms with E-state index in [4.69, 9.17) is 4.74 Å². The van der Waals surface area contributed by atoms with E-state index in [0.717, 1.165) is 28.1 Å². The van der Waals surface area contributed by atoms with Gasteiger partial charge in [-0.3, -0.25) is 4.79 Å². The Morgan fingerprint density at radius 1 is 1.42 bits per heavy atom. The fraction of sp³-hybridized carbons (Fsp3) is 0.286. The fourth-order valence-corrected chi connectivity index (χ4v) is 2.61. The normalized spacial score (nSPS) is 18.7. The third-order valence-corrected chi connectivity index (χ3v) is 3.68. The molecular formula is C14H13BrN2O2. The van der Waals surface area contributed by atoms with Gasteiger partial charge in [-0.15, -0.1) is 0 Å². The highest BCUT2D eigenvalue weighted by molar-refractivity contribution is 9.10. The summed E-state index contributed by atoms with van der Waals surface area (Å²) in [4.78, 5) is 16.3. The minimum atomic E-state index is -0.340. The van der Waals surface area contributed by atoms with Crippen molar-refractivity contribution in [1.82, 2.24) is 4.98 Å². The Bertz CT molecular complexity index is 624. The maximum Gasteiger partial charge on any atom is 0.254 e. The van der Waals surface area contributed by atoms with Crippen LogP contribution in [0.3, 0.4) is 0 Å². The van der Waals surface area contributed by atoms with Crippen LogP contribution in [0.2, 0.25) is 0 Å². The molecule has 1 amide bonds. The summed E-state index contributed by atoms with van der Waals surface area (Å²) in [5, 5.41) is 4.82. The molecule has 1 fully saturated rings. The number of nitrogens with zero attached hydrogens (tertiary/aromatic N) is 1. The van der Waals surface area contributed by atoms with E-state index < -0.39 is 0 Å². The lowest BCUT2D eigenvalue weighted by Gasteiger charge is -2.11. The van der Waals surface area contributed by atoms with E-state index in [1.807, 2.05) is 24.3 Å². The van der Waals surface area contributed by atoms with Crippen molar-refractivity contribution in [2.24, 2.45) is 0 Å². The smallest absolute Gasteiger partial charge is 0.254 e. The fourth-order valence-electron chi connectivity index (χ4n) is 2.23. The first-order valence-corrected chi connectivity index (χ1v) is 7.00. The van der Waals surface area contributed by atoms with Gasteiger partial charge in [-0.2, -0.15) is 0 Å². The van der Waals surface area contributed by atoms with Crippen LogP contribution in [0.5, 0.6) is 0 Å². The lowest BCUT2D eigenvalue weighted by Crippen LogP contribution is -2.27. The standard InChI is InChI=1S/C14H13BrN2O2/c15-10-3-4-11-9(8-10)5-6-16-13(11)17-14(18)12-2-1-7-19-12/h3-6,8,12H,1-2,7H2,(H,16,17,18)/t12-/m0/s1. The van der Waals surface area contributed by atoms with E-state index in [1.165, 1.54) is 0 Å². The highest BCUT2D eigenvalue weighted by Gasteiger charge is 2.24. The molecule has 0 unspecified atom stereocenters. The van der Waals surface area contributed by atoms with Crippen molar-refractivity contribution in [2.45, 2.75) is 18.9 Å². The molecule has 1 aliphatic rings. The van der Waals surface area contributed by atoms with Gasteiger partial charge in [-0.25, -0.2) is 4.98 Å². The minimum absolute atomic E-state index is 0.111. The number of benzene rings is 1. The number of hydrogen-bond acceptors (Lipinski definition) is 3. The SMILES string of the molecule is O=C(Nc1nccc2cc(Br)ccc12)[C@@H]1CCCO1. The first kappa shape index (κ1) is 12.6. The lowest BCUT2D eigenvalue weighted by molar-refractivity contribution is -0.124. The van der Waals surface area contributed by atoms with E-state index in [0.29, 0.717) is 12.4 Å². The number of halogens is 1. The van der Waals surface area contributed by atoms with Crippen LogP contribution in [0, 0.1) is 0 Å². The second-order valence-electron chi connectivity index (χ2n) is 4.52. The van der Waals surface area contributed by atoms with Crippen molar-refractivity contribution >= 4 is 38.4 Å². The third kappa shape index (κ3) is 2.62. The summed E-state index contributed by atoms with van der Waals surface area (Å²) in [6.45, 7) is 0.661. The van der Waals surface area contributed by atoms with Gasteiger partial charge in [0.2, 0.25) is 0 Å². The van der Waals surface area contributed by atoms with Crippen LogP contribution in [0.1, 0.15) is 12.8 Å². The molecule has 5 heteroatoms. The Hall–Kier alpha value is -1.46. The Morgan fingerprint density at radius 2 is 2.32 bits per heavy atom. The molecule has 1 aliphatic heterocycles. The zero-order chi connectivity index (χ0) is 13.2. The van der Waals surface area contributed by atoms with E-state index in [1.54, 1.807) is 6.20 Å². The van der Waals surface area contributed by atoms with Crippen molar-refractivity contribution < 1.29 is 9.53 Å². The molecule has 0 aliphatic carbocycles. The topological polar surface area (TPSA) is 51.2 Å². The van der Waals surface area contributed by atoms with Crippen LogP contribution in [-0.4, -0.2) is 23.6 Å². The number of carbonyl (C=O) groups is 1. The summed E-state index contributed by atoms with van der Waals surface area (Å²) in [5.74, 6) is 0.478. The van der Waals surface area contributed by atoms with Crippen molar-refractivity contribution in [3.63, 3.8) is 0 Å². The summed E-state index contributed by atoms with van der Waals surface area (Å²) in [5.41, 5.74) is 0. The molecule has 2 aromatic rings. The first-order valence-electron chi connectivity index (χ1n) is 6.21. The highest BCUT2D eigenvalue weighted by Crippen LogP contribution is 2.25. The van der Waals surface area contributed by atoms with Crippen LogP contribution in [0.25, 0.3) is 10.8 Å². The van der Waals surface area contributed by atoms with Crippen LogP contribution in [0.4, 0.5) is 5.82 Å². The molecule has 0 radical (unpaired) electrons. The van der Waals surface area contributed by atoms with Crippen LogP contribution in [-0.2, 0) is 9.53 Å². The van der Waals surface area contributed by atoms with E-state index in [9.17, 15) is 4.79 Å². The Kier molecular flexibility index (Phi) is 3.48. The van der Waals surface area contributed by atoms with Crippen molar-refractivity contribution in [1.29, 1.82) is 0 Å². The number of aromatic nitrogens is 1. The molecule has 98 valence electrons. The Morgan fingerprint density at radius 3 is 3.11 bits per heavy atom. The van der Waals surface area contributed by atoms with Gasteiger partial charge in [0.05, 0.1) is 0 Å². The lowest BCUT2D eigenvalue weighted by atomic mass is 10.1. The number of anilines is 1. The van der Waals surface area contributed by atoms with Gasteiger partial charge in [-0.1, -0.05) is 15.9 Å². The number of amides is 1. The second kappa shape index (κ2) is 5.27. The Balaban J connectivity index is 1.90. The number of fused-ring (bicyclic) bond motifs is 1. The van der Waals surface area contributed by atoms with Crippen LogP contribution >= 0.6 is 15.9 Å². The van der Waals surface area contributed by atoms with Crippen molar-refractivity contribution in [3.05, 3.63) is 34.9 Å². The van der Waals surface area contributed by atoms with Crippen molar-refractivity contribution in [3.8, 4) is 0 Å². The number of ether oxygens (including phenoxy) is 1. The highest BCUT2D eigenvalue weighted by atomic mass is 79.9. The Labute approximate surface area is 119 Å². The number of pyridine rings is 1. The van der Waals surface area contributed by atoms with Gasteiger partial charge in [-0.05, 0) is 42.5 Å². The summed E-state index contributed by atoms with van der Waals surface area (Å²) in [6.07, 6.45) is 3.07. The number of hydrogen-bond donors (Lipinski definition) is 1.